The molecule has 0 saturated carbocycles. The molecule has 1 aliphatic rings. The van der Waals surface area contributed by atoms with E-state index in [0.29, 0.717) is 10.9 Å². The second-order valence-corrected chi connectivity index (χ2v) is 8.74. The monoisotopic (exact) mass is 432 g/mol. The van der Waals surface area contributed by atoms with Crippen molar-refractivity contribution >= 4 is 44.5 Å². The SMILES string of the molecule is Cc1ccccc1C1N=C(N)NC(SCC(=O)Nc2ccc(S(N)(=O)=O)cc2)=N1. The number of thioether (sulfide) groups is 1. The quantitative estimate of drug-likeness (QED) is 0.558. The lowest BCUT2D eigenvalue weighted by molar-refractivity contribution is -0.113. The van der Waals surface area contributed by atoms with Crippen molar-refractivity contribution in [3.05, 3.63) is 59.7 Å². The normalized spacial score (nSPS) is 16.4. The minimum absolute atomic E-state index is 0.0253. The van der Waals surface area contributed by atoms with Crippen molar-refractivity contribution in [2.24, 2.45) is 20.9 Å². The Morgan fingerprint density at radius 3 is 2.52 bits per heavy atom. The summed E-state index contributed by atoms with van der Waals surface area (Å²) in [4.78, 5) is 21.0. The first-order valence-corrected chi connectivity index (χ1v) is 11.0. The van der Waals surface area contributed by atoms with Crippen molar-refractivity contribution in [1.29, 1.82) is 0 Å². The molecular formula is C18H20N6O3S2. The van der Waals surface area contributed by atoms with Gasteiger partial charge >= 0.3 is 0 Å². The Balaban J connectivity index is 1.61. The van der Waals surface area contributed by atoms with Gasteiger partial charge in [0, 0.05) is 11.3 Å². The van der Waals surface area contributed by atoms with Crippen molar-refractivity contribution in [2.75, 3.05) is 11.1 Å². The second kappa shape index (κ2) is 8.64. The van der Waals surface area contributed by atoms with Gasteiger partial charge in [0.25, 0.3) is 0 Å². The fraction of sp³-hybridized carbons (Fsp3) is 0.167. The number of amidine groups is 1. The number of anilines is 1. The molecule has 1 aliphatic heterocycles. The summed E-state index contributed by atoms with van der Waals surface area (Å²) in [7, 11) is -3.77. The zero-order chi connectivity index (χ0) is 21.0. The van der Waals surface area contributed by atoms with E-state index < -0.39 is 16.2 Å². The molecule has 29 heavy (non-hydrogen) atoms. The number of benzene rings is 2. The minimum Gasteiger partial charge on any atom is -0.370 e. The highest BCUT2D eigenvalue weighted by Crippen LogP contribution is 2.25. The molecule has 0 aromatic heterocycles. The number of aryl methyl sites for hydroxylation is 1. The summed E-state index contributed by atoms with van der Waals surface area (Å²) in [5.74, 6) is 0.0300. The lowest BCUT2D eigenvalue weighted by Gasteiger charge is -2.20. The summed E-state index contributed by atoms with van der Waals surface area (Å²) >= 11 is 1.19. The van der Waals surface area contributed by atoms with E-state index in [0.717, 1.165) is 11.1 Å². The summed E-state index contributed by atoms with van der Waals surface area (Å²) in [6.45, 7) is 1.97. The molecule has 1 heterocycles. The molecule has 0 radical (unpaired) electrons. The van der Waals surface area contributed by atoms with Crippen LogP contribution in [-0.2, 0) is 14.8 Å². The van der Waals surface area contributed by atoms with E-state index in [1.807, 2.05) is 31.2 Å². The van der Waals surface area contributed by atoms with E-state index in [-0.39, 0.29) is 22.5 Å². The van der Waals surface area contributed by atoms with Crippen molar-refractivity contribution < 1.29 is 13.2 Å². The Labute approximate surface area is 172 Å². The molecule has 3 rings (SSSR count). The maximum atomic E-state index is 12.2. The molecular weight excluding hydrogens is 412 g/mol. The molecule has 0 fully saturated rings. The van der Waals surface area contributed by atoms with Gasteiger partial charge in [0.1, 0.15) is 0 Å². The Hall–Kier alpha value is -2.89. The number of primary sulfonamides is 1. The number of nitrogens with one attached hydrogen (secondary N) is 2. The number of sulfonamides is 1. The van der Waals surface area contributed by atoms with E-state index in [4.69, 9.17) is 10.9 Å². The third kappa shape index (κ3) is 5.56. The standard InChI is InChI=1S/C18H20N6O3S2/c1-11-4-2-3-5-14(11)16-22-17(19)24-18(23-16)28-10-15(25)21-12-6-8-13(9-7-12)29(20,26)27/h2-9,16H,10H2,1H3,(H,21,25)(H2,20,26,27)(H3,19,22,23,24). The summed E-state index contributed by atoms with van der Waals surface area (Å²) < 4.78 is 22.5. The molecule has 1 atom stereocenters. The van der Waals surface area contributed by atoms with Crippen molar-refractivity contribution in [3.63, 3.8) is 0 Å². The molecule has 152 valence electrons. The number of guanidine groups is 1. The van der Waals surface area contributed by atoms with Gasteiger partial charge in [0.15, 0.2) is 17.3 Å². The van der Waals surface area contributed by atoms with Crippen molar-refractivity contribution in [3.8, 4) is 0 Å². The van der Waals surface area contributed by atoms with Gasteiger partial charge in [-0.05, 0) is 36.8 Å². The largest absolute Gasteiger partial charge is 0.370 e. The van der Waals surface area contributed by atoms with Crippen LogP contribution in [0.2, 0.25) is 0 Å². The Morgan fingerprint density at radius 1 is 1.17 bits per heavy atom. The van der Waals surface area contributed by atoms with Gasteiger partial charge in [-0.25, -0.2) is 23.5 Å². The molecule has 11 heteroatoms. The molecule has 2 aromatic carbocycles. The van der Waals surface area contributed by atoms with Crippen molar-refractivity contribution in [2.45, 2.75) is 18.0 Å². The fourth-order valence-electron chi connectivity index (χ4n) is 2.59. The van der Waals surface area contributed by atoms with Crippen LogP contribution in [0.25, 0.3) is 0 Å². The lowest BCUT2D eigenvalue weighted by Crippen LogP contribution is -2.39. The Kier molecular flexibility index (Phi) is 6.20. The number of amides is 1. The maximum absolute atomic E-state index is 12.2. The molecule has 2 aromatic rings. The number of nitrogens with zero attached hydrogens (tertiary/aromatic N) is 2. The Morgan fingerprint density at radius 2 is 1.86 bits per heavy atom. The topological polar surface area (TPSA) is 152 Å². The van der Waals surface area contributed by atoms with Crippen LogP contribution < -0.4 is 21.5 Å². The Bertz CT molecular complexity index is 1080. The third-order valence-corrected chi connectivity index (χ3v) is 5.83. The zero-order valence-corrected chi connectivity index (χ0v) is 17.1. The van der Waals surface area contributed by atoms with Gasteiger partial charge in [0.2, 0.25) is 15.9 Å². The minimum atomic E-state index is -3.77. The lowest BCUT2D eigenvalue weighted by atomic mass is 10.1. The number of hydrogen-bond acceptors (Lipinski definition) is 8. The van der Waals surface area contributed by atoms with Crippen LogP contribution in [-0.4, -0.2) is 31.2 Å². The van der Waals surface area contributed by atoms with Crippen LogP contribution in [0.5, 0.6) is 0 Å². The van der Waals surface area contributed by atoms with Gasteiger partial charge in [0.05, 0.1) is 10.6 Å². The van der Waals surface area contributed by atoms with Crippen LogP contribution in [0.3, 0.4) is 0 Å². The highest BCUT2D eigenvalue weighted by Gasteiger charge is 2.19. The third-order valence-electron chi connectivity index (χ3n) is 4.01. The van der Waals surface area contributed by atoms with Gasteiger partial charge < -0.3 is 16.4 Å². The summed E-state index contributed by atoms with van der Waals surface area (Å²) in [6.07, 6.45) is -0.464. The molecule has 0 spiro atoms. The van der Waals surface area contributed by atoms with E-state index in [1.54, 1.807) is 0 Å². The van der Waals surface area contributed by atoms with Crippen LogP contribution in [0.1, 0.15) is 17.3 Å². The molecule has 0 aliphatic carbocycles. The summed E-state index contributed by atoms with van der Waals surface area (Å²) in [6, 6.07) is 13.4. The van der Waals surface area contributed by atoms with Crippen LogP contribution in [0, 0.1) is 6.92 Å². The van der Waals surface area contributed by atoms with E-state index >= 15 is 0 Å². The predicted octanol–water partition coefficient (Wildman–Crippen LogP) is 1.29. The van der Waals surface area contributed by atoms with Crippen LogP contribution in [0.15, 0.2) is 63.4 Å². The molecule has 0 saturated heterocycles. The average molecular weight is 433 g/mol. The van der Waals surface area contributed by atoms with Crippen LogP contribution in [0.4, 0.5) is 5.69 Å². The molecule has 1 unspecified atom stereocenters. The fourth-order valence-corrected chi connectivity index (χ4v) is 3.80. The van der Waals surface area contributed by atoms with Gasteiger partial charge in [-0.15, -0.1) is 0 Å². The van der Waals surface area contributed by atoms with Gasteiger partial charge in [-0.1, -0.05) is 36.0 Å². The molecule has 6 N–H and O–H groups in total. The first-order chi connectivity index (χ1) is 13.7. The zero-order valence-electron chi connectivity index (χ0n) is 15.5. The summed E-state index contributed by atoms with van der Waals surface area (Å²) in [5, 5.41) is 11.1. The smallest absolute Gasteiger partial charge is 0.238 e. The molecule has 9 nitrogen and oxygen atoms in total. The number of hydrogen-bond donors (Lipinski definition) is 4. The van der Waals surface area contributed by atoms with Gasteiger partial charge in [-0.2, -0.15) is 0 Å². The average Bonchev–Trinajstić information content (AvgIpc) is 2.66. The number of carbonyl (C=O) groups is 1. The van der Waals surface area contributed by atoms with E-state index in [1.165, 1.54) is 36.0 Å². The number of aliphatic imine (C=N–C) groups is 2. The number of carbonyl (C=O) groups excluding carboxylic acids is 1. The van der Waals surface area contributed by atoms with E-state index in [2.05, 4.69) is 20.6 Å². The van der Waals surface area contributed by atoms with Crippen molar-refractivity contribution in [1.82, 2.24) is 5.32 Å². The summed E-state index contributed by atoms with van der Waals surface area (Å²) in [5.41, 5.74) is 8.31. The van der Waals surface area contributed by atoms with Crippen LogP contribution >= 0.6 is 11.8 Å². The van der Waals surface area contributed by atoms with E-state index in [9.17, 15) is 13.2 Å². The first-order valence-electron chi connectivity index (χ1n) is 8.51. The van der Waals surface area contributed by atoms with Gasteiger partial charge in [-0.3, -0.25) is 4.79 Å². The highest BCUT2D eigenvalue weighted by molar-refractivity contribution is 8.14. The number of nitrogens with two attached hydrogens (primary N) is 2. The molecule has 1 amide bonds. The second-order valence-electron chi connectivity index (χ2n) is 6.21. The first kappa shape index (κ1) is 20.8. The maximum Gasteiger partial charge on any atom is 0.238 e. The predicted molar refractivity (Wildman–Crippen MR) is 115 cm³/mol. The highest BCUT2D eigenvalue weighted by atomic mass is 32.2. The molecule has 0 bridgehead atoms. The number of rotatable bonds is 5.